The lowest BCUT2D eigenvalue weighted by Gasteiger charge is -1.07. The van der Waals surface area contributed by atoms with Crippen molar-refractivity contribution in [3.05, 3.63) is 0 Å². The summed E-state index contributed by atoms with van der Waals surface area (Å²) in [6, 6.07) is 0. The average Bonchev–Trinajstić information content (AvgIpc) is 2.45. The van der Waals surface area contributed by atoms with Gasteiger partial charge in [-0.3, -0.25) is 32.9 Å². The van der Waals surface area contributed by atoms with Crippen LogP contribution in [0.1, 0.15) is 134 Å². The van der Waals surface area contributed by atoms with Crippen LogP contribution in [0.2, 0.25) is 0 Å². The molecule has 0 aromatic rings. The second-order valence-electron chi connectivity index (χ2n) is 0. The van der Waals surface area contributed by atoms with Gasteiger partial charge in [0.05, 0.1) is 0 Å². The van der Waals surface area contributed by atoms with Gasteiger partial charge in [0.2, 0.25) is 0 Å². The highest BCUT2D eigenvalue weighted by molar-refractivity contribution is 3.52. The van der Waals surface area contributed by atoms with Crippen LogP contribution in [0, 0.1) is 0 Å². The zero-order valence-electron chi connectivity index (χ0n) is 16.9. The van der Waals surface area contributed by atoms with Gasteiger partial charge in [0.1, 0.15) is 0 Å². The Balaban J connectivity index is -0.00000000120. The summed E-state index contributed by atoms with van der Waals surface area (Å²) in [6.07, 6.45) is 0. The third-order valence-electron chi connectivity index (χ3n) is 0. The molecule has 26 heavy (non-hydrogen) atoms. The van der Waals surface area contributed by atoms with E-state index in [1.54, 1.807) is 0 Å². The van der Waals surface area contributed by atoms with Crippen LogP contribution in [-0.4, -0.2) is 0 Å². The van der Waals surface area contributed by atoms with Gasteiger partial charge in [0, 0.05) is 0 Å². The Morgan fingerprint density at radius 3 is 0.154 bits per heavy atom. The molecule has 0 rings (SSSR count). The molecule has 0 saturated heterocycles. The summed E-state index contributed by atoms with van der Waals surface area (Å²) in [5.41, 5.74) is 0. The lowest BCUT2D eigenvalue weighted by atomic mass is 11.0. The molecule has 0 fully saturated rings. The summed E-state index contributed by atoms with van der Waals surface area (Å²) < 4.78 is 0. The second-order valence-corrected chi connectivity index (χ2v) is 0. The first-order valence-corrected chi connectivity index (χ1v) is 7.00. The minimum Gasteiger partial charge on any atom is -0.269 e. The van der Waals surface area contributed by atoms with Gasteiger partial charge in [0.25, 0.3) is 0 Å². The molecule has 0 heterocycles. The van der Waals surface area contributed by atoms with Crippen LogP contribution in [0.25, 0.3) is 0 Å². The predicted molar refractivity (Wildman–Crippen MR) is 131 cm³/mol. The molecule has 0 aliphatic carbocycles. The van der Waals surface area contributed by atoms with Gasteiger partial charge in [-0.05, 0) is 0 Å². The van der Waals surface area contributed by atoms with Crippen LogP contribution in [0.5, 0.6) is 0 Å². The molecule has 0 bridgehead atoms. The van der Waals surface area contributed by atoms with Gasteiger partial charge in [-0.1, -0.05) is 134 Å². The first kappa shape index (κ1) is 362. The minimum atomic E-state index is 0. The summed E-state index contributed by atoms with van der Waals surface area (Å²) in [6.45, 7) is 28.0. The highest BCUT2D eigenvalue weighted by atomic mass is 19.0. The number of halogens is 7. The van der Waals surface area contributed by atoms with Crippen molar-refractivity contribution in [1.82, 2.24) is 0 Å². The van der Waals surface area contributed by atoms with Crippen LogP contribution in [0.3, 0.4) is 0 Å². The Hall–Kier alpha value is -0.490. The van der Waals surface area contributed by atoms with Gasteiger partial charge >= 0.3 is 0 Å². The first-order valence-electron chi connectivity index (χ1n) is 7.00. The molecule has 0 aliphatic heterocycles. The third kappa shape index (κ3) is 49600. The fourth-order valence-electron chi connectivity index (χ4n) is 0. The average molecular weight is 431 g/mol. The van der Waals surface area contributed by atoms with Crippen LogP contribution in [-0.2, 0) is 0 Å². The van der Waals surface area contributed by atoms with Crippen molar-refractivity contribution in [2.75, 3.05) is 0 Å². The van der Waals surface area contributed by atoms with Crippen molar-refractivity contribution in [3.8, 4) is 0 Å². The smallest absolute Gasteiger partial charge is 0.0683 e. The van der Waals surface area contributed by atoms with E-state index in [1.807, 2.05) is 96.9 Å². The Morgan fingerprint density at radius 2 is 0.154 bits per heavy atom. The topological polar surface area (TPSA) is 0 Å². The van der Waals surface area contributed by atoms with E-state index in [2.05, 4.69) is 0 Å². The van der Waals surface area contributed by atoms with Crippen molar-refractivity contribution in [2.45, 2.75) is 134 Å². The predicted octanol–water partition coefficient (Wildman–Crippen LogP) is 11.4. The summed E-state index contributed by atoms with van der Waals surface area (Å²) in [4.78, 5) is 0. The Bertz CT molecular complexity index is 21.8. The second kappa shape index (κ2) is 56400. The van der Waals surface area contributed by atoms with Crippen molar-refractivity contribution < 1.29 is 32.9 Å². The molecule has 7 heteroatoms. The highest BCUT2D eigenvalue weighted by Gasteiger charge is 0.944. The van der Waals surface area contributed by atoms with E-state index < -0.39 is 0 Å². The minimum absolute atomic E-state index is 0. The molecule has 0 N–H and O–H groups in total. The first-order chi connectivity index (χ1) is 7.00. The van der Waals surface area contributed by atoms with Crippen molar-refractivity contribution in [3.63, 3.8) is 0 Å². The van der Waals surface area contributed by atoms with Crippen LogP contribution >= 0.6 is 0 Å². The molecule has 0 nitrogen and oxygen atoms in total. The molecular weight excluding hydrogens is 361 g/mol. The summed E-state index contributed by atoms with van der Waals surface area (Å²) in [5.74, 6) is 0. The highest BCUT2D eigenvalue weighted by Crippen LogP contribution is 1.16. The zero-order valence-corrected chi connectivity index (χ0v) is 16.9. The molecule has 0 radical (unpaired) electrons. The Labute approximate surface area is 167 Å². The molecule has 0 saturated carbocycles. The molecule has 0 aromatic heterocycles. The Morgan fingerprint density at radius 1 is 0.154 bits per heavy atom. The van der Waals surface area contributed by atoms with E-state index in [9.17, 15) is 0 Å². The quantitative estimate of drug-likeness (QED) is 0.335. The SMILES string of the molecule is C.C.C.C.C.CC.CC.CC.CC.CC.CC.CC.F.F.F.F.F.F.F. The number of hydrogen-bond acceptors (Lipinski definition) is 0. The lowest BCUT2D eigenvalue weighted by molar-refractivity contribution is 1.11. The van der Waals surface area contributed by atoms with Crippen LogP contribution in [0.4, 0.5) is 32.9 Å². The van der Waals surface area contributed by atoms with Crippen LogP contribution < -0.4 is 0 Å². The van der Waals surface area contributed by atoms with Gasteiger partial charge in [-0.2, -0.15) is 0 Å². The van der Waals surface area contributed by atoms with E-state index in [-0.39, 0.29) is 70.1 Å². The summed E-state index contributed by atoms with van der Waals surface area (Å²) in [5, 5.41) is 0. The van der Waals surface area contributed by atoms with Gasteiger partial charge in [-0.25, -0.2) is 0 Å². The van der Waals surface area contributed by atoms with Gasteiger partial charge in [0.15, 0.2) is 0 Å². The van der Waals surface area contributed by atoms with Gasteiger partial charge in [-0.15, -0.1) is 0 Å². The standard InChI is InChI=1S/7C2H6.5CH4.7FH/c7*1-2;;;;;;;;;;;;/h7*1-2H3;5*1H4;7*1H. The fourth-order valence-corrected chi connectivity index (χ4v) is 0. The molecular formula is C19H69F7. The van der Waals surface area contributed by atoms with E-state index >= 15 is 0 Å². The molecule has 0 aromatic carbocycles. The molecule has 194 valence electrons. The molecule has 0 aliphatic rings. The lowest BCUT2D eigenvalue weighted by Crippen LogP contribution is -0.856. The summed E-state index contributed by atoms with van der Waals surface area (Å²) >= 11 is 0. The normalized spacial score (nSPS) is 1.62. The molecule has 0 unspecified atom stereocenters. The monoisotopic (exact) mass is 431 g/mol. The van der Waals surface area contributed by atoms with E-state index in [0.717, 1.165) is 0 Å². The maximum Gasteiger partial charge on any atom is -0.0683 e. The maximum absolute atomic E-state index is 2.00. The number of hydrogen-bond donors (Lipinski definition) is 0. The van der Waals surface area contributed by atoms with Gasteiger partial charge < -0.3 is 0 Å². The van der Waals surface area contributed by atoms with E-state index in [0.29, 0.717) is 0 Å². The van der Waals surface area contributed by atoms with Crippen LogP contribution in [0.15, 0.2) is 0 Å². The molecule has 0 atom stereocenters. The Kier molecular flexibility index (Phi) is 785000. The van der Waals surface area contributed by atoms with Crippen molar-refractivity contribution in [1.29, 1.82) is 0 Å². The largest absolute Gasteiger partial charge is 0.269 e. The van der Waals surface area contributed by atoms with E-state index in [1.165, 1.54) is 0 Å². The molecule has 0 spiro atoms. The maximum atomic E-state index is 2.00. The third-order valence-corrected chi connectivity index (χ3v) is 0. The summed E-state index contributed by atoms with van der Waals surface area (Å²) in [7, 11) is 0. The molecule has 0 amide bonds. The fraction of sp³-hybridized carbons (Fsp3) is 1.00. The number of rotatable bonds is 0. The van der Waals surface area contributed by atoms with Crippen molar-refractivity contribution in [2.24, 2.45) is 0 Å². The van der Waals surface area contributed by atoms with Crippen molar-refractivity contribution >= 4 is 0 Å². The zero-order chi connectivity index (χ0) is 14.0. The van der Waals surface area contributed by atoms with E-state index in [4.69, 9.17) is 0 Å².